The predicted octanol–water partition coefficient (Wildman–Crippen LogP) is 5.27. The molecule has 22 heavy (non-hydrogen) atoms. The lowest BCUT2D eigenvalue weighted by atomic mass is 10.0. The molecule has 1 aromatic rings. The number of nitriles is 1. The summed E-state index contributed by atoms with van der Waals surface area (Å²) in [5.41, 5.74) is 2.71. The van der Waals surface area contributed by atoms with Gasteiger partial charge in [0.1, 0.15) is 0 Å². The number of anilines is 2. The summed E-state index contributed by atoms with van der Waals surface area (Å²) in [6.07, 6.45) is 10.2. The molecule has 0 aliphatic carbocycles. The lowest BCUT2D eigenvalue weighted by molar-refractivity contribution is 0.603. The van der Waals surface area contributed by atoms with E-state index in [1.54, 1.807) is 17.9 Å². The van der Waals surface area contributed by atoms with Crippen LogP contribution < -0.4 is 9.96 Å². The Labute approximate surface area is 133 Å². The molecule has 1 heterocycles. The van der Waals surface area contributed by atoms with Gasteiger partial charge in [-0.1, -0.05) is 51.2 Å². The number of rotatable bonds is 7. The monoisotopic (exact) mass is 298 g/mol. The van der Waals surface area contributed by atoms with Gasteiger partial charge in [0.05, 0.1) is 17.1 Å². The molecular weight excluding hydrogens is 274 g/mol. The van der Waals surface area contributed by atoms with Gasteiger partial charge >= 0.3 is 0 Å². The molecular formula is C18H24N3O-. The Balaban J connectivity index is 2.06. The van der Waals surface area contributed by atoms with Crippen LogP contribution in [0.15, 0.2) is 35.7 Å². The third-order valence-corrected chi connectivity index (χ3v) is 4.20. The van der Waals surface area contributed by atoms with Crippen molar-refractivity contribution in [3.8, 4) is 6.19 Å². The highest BCUT2D eigenvalue weighted by molar-refractivity contribution is 5.81. The molecule has 118 valence electrons. The van der Waals surface area contributed by atoms with Crippen molar-refractivity contribution >= 4 is 11.4 Å². The zero-order chi connectivity index (χ0) is 15.9. The first-order chi connectivity index (χ1) is 10.7. The topological polar surface area (TPSA) is 53.3 Å². The van der Waals surface area contributed by atoms with E-state index in [0.717, 1.165) is 30.0 Å². The Hall–Kier alpha value is -1.99. The van der Waals surface area contributed by atoms with Crippen LogP contribution in [0.4, 0.5) is 11.4 Å². The summed E-state index contributed by atoms with van der Waals surface area (Å²) in [5.74, 6) is 0. The van der Waals surface area contributed by atoms with E-state index < -0.39 is 0 Å². The van der Waals surface area contributed by atoms with Crippen molar-refractivity contribution in [1.29, 1.82) is 5.26 Å². The Morgan fingerprint density at radius 1 is 1.05 bits per heavy atom. The van der Waals surface area contributed by atoms with E-state index >= 15 is 0 Å². The van der Waals surface area contributed by atoms with Gasteiger partial charge in [0.25, 0.3) is 0 Å². The van der Waals surface area contributed by atoms with Crippen LogP contribution in [-0.2, 0) is 0 Å². The predicted molar refractivity (Wildman–Crippen MR) is 91.1 cm³/mol. The Morgan fingerprint density at radius 2 is 1.68 bits per heavy atom. The first-order valence-corrected chi connectivity index (χ1v) is 8.16. The molecule has 1 aliphatic heterocycles. The number of hydroxylamine groups is 1. The van der Waals surface area contributed by atoms with Gasteiger partial charge in [0.15, 0.2) is 6.19 Å². The van der Waals surface area contributed by atoms with Gasteiger partial charge in [-0.15, -0.1) is 0 Å². The molecule has 0 bridgehead atoms. The Morgan fingerprint density at radius 3 is 2.36 bits per heavy atom. The average Bonchev–Trinajstić information content (AvgIpc) is 2.55. The molecule has 0 saturated heterocycles. The molecule has 1 aliphatic rings. The number of hydrogen-bond acceptors (Lipinski definition) is 4. The van der Waals surface area contributed by atoms with Crippen molar-refractivity contribution < 1.29 is 0 Å². The van der Waals surface area contributed by atoms with Gasteiger partial charge in [-0.3, -0.25) is 0 Å². The number of hydrogen-bond donors (Lipinski definition) is 0. The van der Waals surface area contributed by atoms with Crippen LogP contribution in [0.25, 0.3) is 0 Å². The molecule has 0 N–H and O–H groups in total. The van der Waals surface area contributed by atoms with Crippen LogP contribution in [0.1, 0.15) is 58.8 Å². The molecule has 0 fully saturated rings. The average molecular weight is 298 g/mol. The standard InChI is InChI=1S/C18H24N3O/c1-3-4-5-6-7-8-11-16-15(2)21(22)18-13-10-9-12-17(18)20(16)14-19/h9-10,12-13H,3-8,11H2,1-2H3/q-1. The first-order valence-electron chi connectivity index (χ1n) is 8.16. The van der Waals surface area contributed by atoms with Crippen LogP contribution in [0.3, 0.4) is 0 Å². The van der Waals surface area contributed by atoms with Crippen LogP contribution in [-0.4, -0.2) is 0 Å². The number of benzene rings is 1. The minimum Gasteiger partial charge on any atom is -0.754 e. The zero-order valence-corrected chi connectivity index (χ0v) is 13.5. The van der Waals surface area contributed by atoms with Crippen LogP contribution in [0.5, 0.6) is 0 Å². The van der Waals surface area contributed by atoms with Crippen molar-refractivity contribution in [2.24, 2.45) is 0 Å². The Bertz CT molecular complexity index is 574. The minimum atomic E-state index is 0.549. The number of allylic oxidation sites excluding steroid dienone is 2. The molecule has 0 aromatic heterocycles. The number of unbranched alkanes of at least 4 members (excludes halogenated alkanes) is 5. The molecule has 0 amide bonds. The lowest BCUT2D eigenvalue weighted by Crippen LogP contribution is -2.29. The molecule has 4 heteroatoms. The maximum absolute atomic E-state index is 12.4. The fourth-order valence-corrected chi connectivity index (χ4v) is 2.91. The van der Waals surface area contributed by atoms with Gasteiger partial charge < -0.3 is 10.3 Å². The number of fused-ring (bicyclic) bond motifs is 1. The molecule has 4 nitrogen and oxygen atoms in total. The van der Waals surface area contributed by atoms with E-state index in [4.69, 9.17) is 0 Å². The van der Waals surface area contributed by atoms with Gasteiger partial charge in [0.2, 0.25) is 0 Å². The zero-order valence-electron chi connectivity index (χ0n) is 13.5. The first kappa shape index (κ1) is 16.4. The summed E-state index contributed by atoms with van der Waals surface area (Å²) < 4.78 is 0. The summed E-state index contributed by atoms with van der Waals surface area (Å²) in [4.78, 5) is 1.62. The molecule has 0 atom stereocenters. The second-order valence-electron chi connectivity index (χ2n) is 5.77. The molecule has 2 rings (SSSR count). The van der Waals surface area contributed by atoms with E-state index in [9.17, 15) is 10.5 Å². The van der Waals surface area contributed by atoms with E-state index in [1.165, 1.54) is 25.7 Å². The SMILES string of the molecule is CCCCCCCCC1=C(C)N([O-])c2ccccc2N1C#N. The second-order valence-corrected chi connectivity index (χ2v) is 5.77. The summed E-state index contributed by atoms with van der Waals surface area (Å²) in [6.45, 7) is 4.01. The van der Waals surface area contributed by atoms with E-state index in [0.29, 0.717) is 17.1 Å². The van der Waals surface area contributed by atoms with Crippen molar-refractivity contribution in [2.75, 3.05) is 9.96 Å². The smallest absolute Gasteiger partial charge is 0.189 e. The fourth-order valence-electron chi connectivity index (χ4n) is 2.91. The molecule has 1 aromatic carbocycles. The highest BCUT2D eigenvalue weighted by Crippen LogP contribution is 2.39. The molecule has 0 unspecified atom stereocenters. The molecule has 0 spiro atoms. The number of nitrogens with zero attached hydrogens (tertiary/aromatic N) is 3. The third kappa shape index (κ3) is 3.42. The van der Waals surface area contributed by atoms with Gasteiger partial charge in [0, 0.05) is 5.70 Å². The molecule has 0 radical (unpaired) electrons. The maximum atomic E-state index is 12.4. The van der Waals surface area contributed by atoms with Crippen molar-refractivity contribution in [2.45, 2.75) is 58.8 Å². The van der Waals surface area contributed by atoms with Crippen LogP contribution >= 0.6 is 0 Å². The summed E-state index contributed by atoms with van der Waals surface area (Å²) >= 11 is 0. The van der Waals surface area contributed by atoms with Crippen molar-refractivity contribution in [3.63, 3.8) is 0 Å². The van der Waals surface area contributed by atoms with E-state index in [2.05, 4.69) is 13.1 Å². The summed E-state index contributed by atoms with van der Waals surface area (Å²) in [5, 5.41) is 22.8. The summed E-state index contributed by atoms with van der Waals surface area (Å²) in [7, 11) is 0. The van der Waals surface area contributed by atoms with Gasteiger partial charge in [-0.25, -0.2) is 4.90 Å². The highest BCUT2D eigenvalue weighted by atomic mass is 16.5. The number of para-hydroxylation sites is 2. The fraction of sp³-hybridized carbons (Fsp3) is 0.500. The minimum absolute atomic E-state index is 0.549. The van der Waals surface area contributed by atoms with E-state index in [1.807, 2.05) is 18.2 Å². The largest absolute Gasteiger partial charge is 0.754 e. The van der Waals surface area contributed by atoms with Crippen LogP contribution in [0.2, 0.25) is 0 Å². The van der Waals surface area contributed by atoms with Gasteiger partial charge in [-0.2, -0.15) is 5.26 Å². The van der Waals surface area contributed by atoms with Crippen LogP contribution in [0, 0.1) is 16.7 Å². The highest BCUT2D eigenvalue weighted by Gasteiger charge is 2.23. The maximum Gasteiger partial charge on any atom is 0.189 e. The third-order valence-electron chi connectivity index (χ3n) is 4.20. The van der Waals surface area contributed by atoms with E-state index in [-0.39, 0.29) is 0 Å². The van der Waals surface area contributed by atoms with Crippen molar-refractivity contribution in [3.05, 3.63) is 40.9 Å². The normalized spacial score (nSPS) is 14.1. The lowest BCUT2D eigenvalue weighted by Gasteiger charge is -2.41. The quantitative estimate of drug-likeness (QED) is 0.508. The molecule has 0 saturated carbocycles. The second kappa shape index (κ2) is 7.86. The van der Waals surface area contributed by atoms with Gasteiger partial charge in [-0.05, 0) is 31.9 Å². The van der Waals surface area contributed by atoms with Crippen molar-refractivity contribution in [1.82, 2.24) is 0 Å². The Kier molecular flexibility index (Phi) is 5.85. The summed E-state index contributed by atoms with van der Waals surface area (Å²) in [6, 6.07) is 7.28.